The van der Waals surface area contributed by atoms with Gasteiger partial charge in [-0.1, -0.05) is 55.6 Å². The van der Waals surface area contributed by atoms with Crippen LogP contribution in [0.4, 0.5) is 0 Å². The number of aromatic nitrogens is 2. The first kappa shape index (κ1) is 17.1. The molecule has 1 aliphatic heterocycles. The van der Waals surface area contributed by atoms with Gasteiger partial charge in [0.2, 0.25) is 0 Å². The number of amides is 1. The lowest BCUT2D eigenvalue weighted by atomic mass is 10.0. The molecule has 1 amide bonds. The maximum absolute atomic E-state index is 11.9. The Morgan fingerprint density at radius 3 is 2.68 bits per heavy atom. The number of benzene rings is 1. The number of carbonyl (C=O) groups is 1. The molecule has 0 atom stereocenters. The summed E-state index contributed by atoms with van der Waals surface area (Å²) in [5.74, 6) is -0.281. The van der Waals surface area contributed by atoms with E-state index in [0.717, 1.165) is 28.2 Å². The Bertz CT molecular complexity index is 882. The lowest BCUT2D eigenvalue weighted by molar-refractivity contribution is 0.0994. The fraction of sp³-hybridized carbons (Fsp3) is 0.158. The highest BCUT2D eigenvalue weighted by Crippen LogP contribution is 2.40. The molecular formula is C19H17N3O2S. The highest BCUT2D eigenvalue weighted by Gasteiger charge is 2.28. The third-order valence-corrected chi connectivity index (χ3v) is 5.20. The predicted octanol–water partition coefficient (Wildman–Crippen LogP) is 4.36. The van der Waals surface area contributed by atoms with Gasteiger partial charge in [-0.05, 0) is 12.0 Å². The van der Waals surface area contributed by atoms with E-state index < -0.39 is 5.91 Å². The minimum atomic E-state index is -0.833. The van der Waals surface area contributed by atoms with E-state index in [1.165, 1.54) is 5.56 Å². The summed E-state index contributed by atoms with van der Waals surface area (Å²) in [4.78, 5) is 23.6. The van der Waals surface area contributed by atoms with Gasteiger partial charge in [0.1, 0.15) is 0 Å². The molecule has 126 valence electrons. The normalized spacial score (nSPS) is 13.3. The van der Waals surface area contributed by atoms with Crippen LogP contribution >= 0.6 is 11.8 Å². The molecule has 3 rings (SSSR count). The van der Waals surface area contributed by atoms with Crippen molar-refractivity contribution in [3.63, 3.8) is 0 Å². The van der Waals surface area contributed by atoms with Crippen LogP contribution in [0.25, 0.3) is 5.57 Å². The molecular weight excluding hydrogens is 334 g/mol. The van der Waals surface area contributed by atoms with Gasteiger partial charge in [0, 0.05) is 33.5 Å². The number of nitrogens with zero attached hydrogens (tertiary/aromatic N) is 3. The molecule has 6 heteroatoms. The molecule has 2 aromatic rings. The Morgan fingerprint density at radius 1 is 1.28 bits per heavy atom. The van der Waals surface area contributed by atoms with Crippen LogP contribution in [0.5, 0.6) is 0 Å². The Morgan fingerprint density at radius 2 is 2.04 bits per heavy atom. The lowest BCUT2D eigenvalue weighted by Gasteiger charge is -2.18. The van der Waals surface area contributed by atoms with Crippen LogP contribution < -0.4 is 0 Å². The summed E-state index contributed by atoms with van der Waals surface area (Å²) >= 11 is 1.55. The molecule has 0 N–H and O–H groups in total. The van der Waals surface area contributed by atoms with Crippen molar-refractivity contribution in [1.82, 2.24) is 9.78 Å². The smallest absolute Gasteiger partial charge is 0.263 e. The van der Waals surface area contributed by atoms with Crippen molar-refractivity contribution in [2.45, 2.75) is 18.7 Å². The maximum Gasteiger partial charge on any atom is 0.337 e. The molecule has 0 radical (unpaired) electrons. The van der Waals surface area contributed by atoms with Gasteiger partial charge in [0.15, 0.2) is 5.69 Å². The topological polar surface area (TPSA) is 64.3 Å². The largest absolute Gasteiger partial charge is 0.337 e. The fourth-order valence-corrected chi connectivity index (χ4v) is 3.93. The van der Waals surface area contributed by atoms with Crippen molar-refractivity contribution in [3.05, 3.63) is 88.0 Å². The number of nitroso groups, excluding NO2 is 1. The van der Waals surface area contributed by atoms with E-state index in [9.17, 15) is 9.70 Å². The molecule has 0 saturated carbocycles. The van der Waals surface area contributed by atoms with E-state index in [1.807, 2.05) is 30.3 Å². The number of thioether (sulfide) groups is 1. The van der Waals surface area contributed by atoms with Crippen molar-refractivity contribution in [2.75, 3.05) is 0 Å². The second-order valence-corrected chi connectivity index (χ2v) is 6.52. The Kier molecular flexibility index (Phi) is 5.09. The standard InChI is InChI=1S/C19H17N3O2S/c1-3-14-16(4-2)25-12-15-17(19(23)21-24)20-22(18(14)15)11-10-13-8-6-5-7-9-13/h3-9H,1-2,10-12H2. The zero-order valence-corrected chi connectivity index (χ0v) is 14.5. The third kappa shape index (κ3) is 3.25. The maximum atomic E-state index is 11.9. The average Bonchev–Trinajstić information content (AvgIpc) is 3.04. The molecule has 5 nitrogen and oxygen atoms in total. The van der Waals surface area contributed by atoms with Crippen LogP contribution in [-0.2, 0) is 18.7 Å². The van der Waals surface area contributed by atoms with Crippen molar-refractivity contribution in [2.24, 2.45) is 5.18 Å². The van der Waals surface area contributed by atoms with Crippen molar-refractivity contribution in [1.29, 1.82) is 0 Å². The molecule has 0 aliphatic carbocycles. The van der Waals surface area contributed by atoms with Gasteiger partial charge in [-0.15, -0.1) is 16.7 Å². The van der Waals surface area contributed by atoms with E-state index in [4.69, 9.17) is 0 Å². The summed E-state index contributed by atoms with van der Waals surface area (Å²) in [5, 5.41) is 6.94. The average molecular weight is 351 g/mol. The van der Waals surface area contributed by atoms with Crippen LogP contribution in [-0.4, -0.2) is 15.7 Å². The fourth-order valence-electron chi connectivity index (χ4n) is 2.90. The van der Waals surface area contributed by atoms with Gasteiger partial charge in [-0.2, -0.15) is 5.10 Å². The number of fused-ring (bicyclic) bond motifs is 1. The highest BCUT2D eigenvalue weighted by atomic mass is 32.2. The molecule has 0 unspecified atom stereocenters. The lowest BCUT2D eigenvalue weighted by Crippen LogP contribution is -2.09. The minimum Gasteiger partial charge on any atom is -0.263 e. The number of aryl methyl sites for hydroxylation is 2. The Labute approximate surface area is 150 Å². The van der Waals surface area contributed by atoms with Crippen LogP contribution in [0.15, 0.2) is 65.7 Å². The van der Waals surface area contributed by atoms with E-state index in [2.05, 4.69) is 23.4 Å². The molecule has 0 fully saturated rings. The first-order valence-electron chi connectivity index (χ1n) is 7.83. The summed E-state index contributed by atoms with van der Waals surface area (Å²) in [6.07, 6.45) is 4.28. The molecule has 0 bridgehead atoms. The van der Waals surface area contributed by atoms with Crippen molar-refractivity contribution >= 4 is 23.2 Å². The minimum absolute atomic E-state index is 0.132. The second-order valence-electron chi connectivity index (χ2n) is 5.51. The summed E-state index contributed by atoms with van der Waals surface area (Å²) in [6, 6.07) is 10.0. The summed E-state index contributed by atoms with van der Waals surface area (Å²) < 4.78 is 1.78. The third-order valence-electron chi connectivity index (χ3n) is 4.07. The van der Waals surface area contributed by atoms with Crippen LogP contribution in [0.1, 0.15) is 27.3 Å². The summed E-state index contributed by atoms with van der Waals surface area (Å²) in [5.41, 5.74) is 3.75. The Hall–Kier alpha value is -2.73. The van der Waals surface area contributed by atoms with Gasteiger partial charge in [-0.3, -0.25) is 9.48 Å². The van der Waals surface area contributed by atoms with Gasteiger partial charge >= 0.3 is 5.91 Å². The Balaban J connectivity index is 2.06. The monoisotopic (exact) mass is 351 g/mol. The number of carbonyl (C=O) groups excluding carboxylic acids is 1. The molecule has 1 aromatic carbocycles. The molecule has 2 heterocycles. The van der Waals surface area contributed by atoms with Gasteiger partial charge in [0.05, 0.1) is 5.69 Å². The SMILES string of the molecule is C=CC1=C(C=C)c2c(c(C(=O)N=O)nn2CCc2ccccc2)CS1. The number of hydrogen-bond donors (Lipinski definition) is 0. The van der Waals surface area contributed by atoms with Crippen LogP contribution in [0.3, 0.4) is 0 Å². The molecule has 25 heavy (non-hydrogen) atoms. The van der Waals surface area contributed by atoms with Gasteiger partial charge in [0.25, 0.3) is 0 Å². The zero-order valence-electron chi connectivity index (χ0n) is 13.6. The van der Waals surface area contributed by atoms with Crippen LogP contribution in [0, 0.1) is 4.91 Å². The van der Waals surface area contributed by atoms with Crippen LogP contribution in [0.2, 0.25) is 0 Å². The predicted molar refractivity (Wildman–Crippen MR) is 101 cm³/mol. The first-order valence-corrected chi connectivity index (χ1v) is 8.81. The number of rotatable bonds is 6. The number of allylic oxidation sites excluding steroid dienone is 3. The molecule has 0 saturated heterocycles. The molecule has 1 aromatic heterocycles. The molecule has 0 spiro atoms. The number of hydrogen-bond acceptors (Lipinski definition) is 4. The quantitative estimate of drug-likeness (QED) is 0.725. The first-order chi connectivity index (χ1) is 12.2. The van der Waals surface area contributed by atoms with Crippen molar-refractivity contribution in [3.8, 4) is 0 Å². The second kappa shape index (κ2) is 7.44. The summed E-state index contributed by atoms with van der Waals surface area (Å²) in [6.45, 7) is 8.32. The zero-order chi connectivity index (χ0) is 17.8. The van der Waals surface area contributed by atoms with Gasteiger partial charge < -0.3 is 0 Å². The van der Waals surface area contributed by atoms with E-state index in [0.29, 0.717) is 12.3 Å². The molecule has 1 aliphatic rings. The van der Waals surface area contributed by atoms with Gasteiger partial charge in [-0.25, -0.2) is 0 Å². The van der Waals surface area contributed by atoms with E-state index in [1.54, 1.807) is 28.6 Å². The highest BCUT2D eigenvalue weighted by molar-refractivity contribution is 8.02. The van der Waals surface area contributed by atoms with E-state index >= 15 is 0 Å². The van der Waals surface area contributed by atoms with Crippen molar-refractivity contribution < 1.29 is 4.79 Å². The summed E-state index contributed by atoms with van der Waals surface area (Å²) in [7, 11) is 0. The van der Waals surface area contributed by atoms with E-state index in [-0.39, 0.29) is 5.69 Å².